The van der Waals surface area contributed by atoms with Crippen molar-refractivity contribution >= 4 is 39.2 Å². The molecule has 1 fully saturated rings. The van der Waals surface area contributed by atoms with Gasteiger partial charge in [-0.25, -0.2) is 36.3 Å². The van der Waals surface area contributed by atoms with E-state index in [1.165, 1.54) is 60.3 Å². The number of rotatable bonds is 11. The van der Waals surface area contributed by atoms with Gasteiger partial charge in [-0.3, -0.25) is 19.1 Å². The fourth-order valence-electron chi connectivity index (χ4n) is 5.36. The predicted molar refractivity (Wildman–Crippen MR) is 196 cm³/mol. The van der Waals surface area contributed by atoms with Crippen LogP contribution in [0.25, 0.3) is 5.82 Å². The Morgan fingerprint density at radius 2 is 1.67 bits per heavy atom. The van der Waals surface area contributed by atoms with E-state index >= 15 is 8.78 Å². The van der Waals surface area contributed by atoms with Crippen LogP contribution in [0.15, 0.2) is 75.3 Å². The average molecular weight is 783 g/mol. The van der Waals surface area contributed by atoms with Gasteiger partial charge in [0, 0.05) is 61.4 Å². The highest BCUT2D eigenvalue weighted by Crippen LogP contribution is 2.25. The minimum Gasteiger partial charge on any atom is -0.461 e. The van der Waals surface area contributed by atoms with Crippen molar-refractivity contribution in [1.82, 2.24) is 19.4 Å². The lowest BCUT2D eigenvalue weighted by Crippen LogP contribution is -2.45. The molecule has 1 aliphatic heterocycles. The molecule has 1 atom stereocenters. The number of carbonyl (C=O) groups is 3. The van der Waals surface area contributed by atoms with Crippen molar-refractivity contribution in [3.63, 3.8) is 0 Å². The Bertz CT molecular complexity index is 2330. The van der Waals surface area contributed by atoms with E-state index in [-0.39, 0.29) is 23.0 Å². The summed E-state index contributed by atoms with van der Waals surface area (Å²) in [4.78, 5) is 68.2. The Kier molecular flexibility index (Phi) is 12.0. The van der Waals surface area contributed by atoms with E-state index in [9.17, 15) is 32.4 Å². The Morgan fingerprint density at radius 1 is 1.00 bits per heavy atom. The fourth-order valence-corrected chi connectivity index (χ4v) is 6.42. The molecule has 3 N–H and O–H groups in total. The summed E-state index contributed by atoms with van der Waals surface area (Å²) in [5.41, 5.74) is -2.42. The zero-order valence-electron chi connectivity index (χ0n) is 30.6. The van der Waals surface area contributed by atoms with Crippen LogP contribution in [0.3, 0.4) is 0 Å². The van der Waals surface area contributed by atoms with Crippen LogP contribution in [0.4, 0.5) is 20.2 Å². The summed E-state index contributed by atoms with van der Waals surface area (Å²) in [5.74, 6) is -4.96. The normalized spacial score (nSPS) is 14.2. The number of esters is 1. The monoisotopic (exact) mass is 782 g/mol. The van der Waals surface area contributed by atoms with Gasteiger partial charge >= 0.3 is 11.7 Å². The molecule has 0 radical (unpaired) electrons. The Morgan fingerprint density at radius 3 is 2.29 bits per heavy atom. The molecule has 0 unspecified atom stereocenters. The van der Waals surface area contributed by atoms with Crippen LogP contribution in [-0.2, 0) is 42.6 Å². The molecule has 3 heterocycles. The van der Waals surface area contributed by atoms with Crippen molar-refractivity contribution in [2.24, 2.45) is 12.5 Å². The molecule has 2 amide bonds. The number of aromatic nitrogens is 3. The van der Waals surface area contributed by atoms with E-state index in [1.54, 1.807) is 27.7 Å². The van der Waals surface area contributed by atoms with Gasteiger partial charge in [-0.05, 0) is 48.9 Å². The lowest BCUT2D eigenvalue weighted by atomic mass is 9.95. The van der Waals surface area contributed by atoms with E-state index < -0.39 is 73.6 Å². The highest BCUT2D eigenvalue weighted by Gasteiger charge is 2.29. The molecule has 18 heteroatoms. The van der Waals surface area contributed by atoms with Gasteiger partial charge in [0.05, 0.1) is 29.4 Å². The van der Waals surface area contributed by atoms with Gasteiger partial charge in [-0.15, -0.1) is 0 Å². The molecule has 1 saturated heterocycles. The molecule has 0 aliphatic carbocycles. The maximum atomic E-state index is 15.4. The van der Waals surface area contributed by atoms with Crippen molar-refractivity contribution in [2.45, 2.75) is 64.0 Å². The van der Waals surface area contributed by atoms with E-state index in [0.29, 0.717) is 55.1 Å². The van der Waals surface area contributed by atoms with Crippen molar-refractivity contribution in [2.75, 3.05) is 23.3 Å². The van der Waals surface area contributed by atoms with Gasteiger partial charge in [0.25, 0.3) is 21.5 Å². The summed E-state index contributed by atoms with van der Waals surface area (Å²) < 4.78 is 71.8. The minimum atomic E-state index is -4.45. The minimum absolute atomic E-state index is 0.00888. The fraction of sp³-hybridized carbons (Fsp3) is 0.351. The number of sulfonamides is 1. The molecule has 4 aromatic rings. The number of benzene rings is 2. The molecule has 55 heavy (non-hydrogen) atoms. The second-order valence-corrected chi connectivity index (χ2v) is 15.6. The van der Waals surface area contributed by atoms with Crippen molar-refractivity contribution in [1.29, 1.82) is 0 Å². The first-order chi connectivity index (χ1) is 25.8. The summed E-state index contributed by atoms with van der Waals surface area (Å²) in [7, 11) is -2.95. The third-order valence-electron chi connectivity index (χ3n) is 8.73. The van der Waals surface area contributed by atoms with Gasteiger partial charge in [0.1, 0.15) is 29.6 Å². The Hall–Kier alpha value is -5.75. The largest absolute Gasteiger partial charge is 0.461 e. The number of anilines is 2. The molecule has 2 aromatic carbocycles. The molecule has 0 bridgehead atoms. The summed E-state index contributed by atoms with van der Waals surface area (Å²) in [6, 6.07) is 8.69. The van der Waals surface area contributed by atoms with E-state index in [1.807, 2.05) is 4.72 Å². The molecule has 0 saturated carbocycles. The third-order valence-corrected chi connectivity index (χ3v) is 10.1. The smallest absolute Gasteiger partial charge is 0.336 e. The van der Waals surface area contributed by atoms with E-state index in [2.05, 4.69) is 15.6 Å². The Balaban J connectivity index is 1.34. The first-order valence-electron chi connectivity index (χ1n) is 17.1. The quantitative estimate of drug-likeness (QED) is 0.190. The van der Waals surface area contributed by atoms with Gasteiger partial charge in [-0.2, -0.15) is 0 Å². The number of nitrogens with one attached hydrogen (secondary N) is 3. The lowest BCUT2D eigenvalue weighted by molar-refractivity contribution is -0.155. The number of carbonyl (C=O) groups excluding carboxylic acids is 3. The van der Waals surface area contributed by atoms with Crippen molar-refractivity contribution in [3.8, 4) is 5.82 Å². The summed E-state index contributed by atoms with van der Waals surface area (Å²) in [6.45, 7) is 7.41. The molecule has 292 valence electrons. The van der Waals surface area contributed by atoms with Crippen LogP contribution in [0.1, 0.15) is 55.2 Å². The number of hydrogen-bond donors (Lipinski definition) is 3. The molecule has 5 rings (SSSR count). The predicted octanol–water partition coefficient (Wildman–Crippen LogP) is 3.37. The zero-order valence-corrected chi connectivity index (χ0v) is 31.5. The molecular formula is C37H40F2N6O9S. The topological polar surface area (TPSA) is 197 Å². The maximum Gasteiger partial charge on any atom is 0.336 e. The zero-order chi connectivity index (χ0) is 40.2. The summed E-state index contributed by atoms with van der Waals surface area (Å²) in [6.07, 6.45) is 1.34. The second kappa shape index (κ2) is 16.3. The Labute approximate surface area is 314 Å². The maximum absolute atomic E-state index is 15.4. The van der Waals surface area contributed by atoms with Crippen molar-refractivity contribution in [3.05, 3.63) is 110 Å². The molecule has 1 aliphatic rings. The first-order valence-corrected chi connectivity index (χ1v) is 18.6. The van der Waals surface area contributed by atoms with Gasteiger partial charge in [0.15, 0.2) is 0 Å². The van der Waals surface area contributed by atoms with E-state index in [4.69, 9.17) is 9.47 Å². The van der Waals surface area contributed by atoms with Crippen molar-refractivity contribution < 1.29 is 41.1 Å². The highest BCUT2D eigenvalue weighted by atomic mass is 32.2. The second-order valence-electron chi connectivity index (χ2n) is 14.0. The van der Waals surface area contributed by atoms with Gasteiger partial charge < -0.3 is 24.7 Å². The number of halogens is 2. The SMILES string of the molecule is Cc1cc(=O)n(-c2ccc(C[C@H](NC(=O)c3cc(F)c(NS(=O)(=O)c4ccc(NC(=O)C(C)(C)C)cc4)cc3F)C(=O)OC3CCOCC3)cn2)c(=O)n1C. The molecule has 2 aromatic heterocycles. The van der Waals surface area contributed by atoms with Crippen LogP contribution >= 0.6 is 0 Å². The third kappa shape index (κ3) is 9.68. The highest BCUT2D eigenvalue weighted by molar-refractivity contribution is 7.92. The number of hydrogen-bond acceptors (Lipinski definition) is 10. The average Bonchev–Trinajstić information content (AvgIpc) is 3.12. The first kappa shape index (κ1) is 40.4. The summed E-state index contributed by atoms with van der Waals surface area (Å²) in [5, 5.41) is 5.03. The molecular weight excluding hydrogens is 743 g/mol. The lowest BCUT2D eigenvalue weighted by Gasteiger charge is -2.25. The molecule has 0 spiro atoms. The van der Waals surface area contributed by atoms with Crippen LogP contribution in [0.2, 0.25) is 0 Å². The van der Waals surface area contributed by atoms with Crippen LogP contribution in [0, 0.1) is 24.0 Å². The summed E-state index contributed by atoms with van der Waals surface area (Å²) >= 11 is 0. The van der Waals surface area contributed by atoms with Crippen LogP contribution in [-0.4, -0.2) is 65.7 Å². The van der Waals surface area contributed by atoms with Crippen LogP contribution < -0.4 is 26.6 Å². The van der Waals surface area contributed by atoms with Gasteiger partial charge in [0.2, 0.25) is 5.91 Å². The number of pyridine rings is 1. The van der Waals surface area contributed by atoms with Crippen LogP contribution in [0.5, 0.6) is 0 Å². The number of aryl methyl sites for hydroxylation is 1. The molecule has 15 nitrogen and oxygen atoms in total. The standard InChI is InChI=1S/C37H40F2N6O9S/c1-21-16-32(46)45(36(50)44(21)5)31-11-6-22(20-40-31)17-30(34(48)54-24-12-14-53-15-13-24)42-33(47)26-18-28(39)29(19-27(26)38)43-55(51,52)25-9-7-23(8-10-25)41-35(49)37(2,3)4/h6-11,16,18-20,24,30,43H,12-15,17H2,1-5H3,(H,41,49)(H,42,47)/t30-/m0/s1. The number of amides is 2. The van der Waals surface area contributed by atoms with Gasteiger partial charge in [-0.1, -0.05) is 26.8 Å². The number of nitrogens with zero attached hydrogens (tertiary/aromatic N) is 3. The number of ether oxygens (including phenoxy) is 2. The van der Waals surface area contributed by atoms with E-state index in [0.717, 1.165) is 4.57 Å².